The average molecular weight is 833 g/mol. The number of unbranched alkanes of at least 4 members (excludes halogenated alkanes) is 1. The number of oxazole rings is 2. The number of ether oxygens (including phenoxy) is 1. The van der Waals surface area contributed by atoms with E-state index in [1.165, 1.54) is 12.7 Å². The fraction of sp³-hybridized carbons (Fsp3) is 0.531. The number of nitrogens with one attached hydrogen (secondary N) is 1. The highest BCUT2D eigenvalue weighted by Gasteiger charge is 2.40. The van der Waals surface area contributed by atoms with Crippen molar-refractivity contribution < 1.29 is 28.0 Å². The van der Waals surface area contributed by atoms with Crippen LogP contribution in [0.1, 0.15) is 147 Å². The van der Waals surface area contributed by atoms with Gasteiger partial charge in [-0.15, -0.1) is 0 Å². The Morgan fingerprint density at radius 3 is 2.10 bits per heavy atom. The van der Waals surface area contributed by atoms with Gasteiger partial charge in [-0.2, -0.15) is 0 Å². The van der Waals surface area contributed by atoms with E-state index in [-0.39, 0.29) is 47.2 Å². The monoisotopic (exact) mass is 832 g/mol. The Kier molecular flexibility index (Phi) is 13.1. The van der Waals surface area contributed by atoms with Gasteiger partial charge in [0.2, 0.25) is 23.6 Å². The summed E-state index contributed by atoms with van der Waals surface area (Å²) in [5, 5.41) is 2.73. The number of fused-ring (bicyclic) bond motifs is 2. The number of likely N-dealkylation sites (tertiary alicyclic amines) is 1. The van der Waals surface area contributed by atoms with E-state index in [0.717, 1.165) is 72.0 Å². The van der Waals surface area contributed by atoms with E-state index in [1.54, 1.807) is 4.90 Å². The third-order valence-corrected chi connectivity index (χ3v) is 12.3. The second kappa shape index (κ2) is 18.3. The molecule has 4 atom stereocenters. The summed E-state index contributed by atoms with van der Waals surface area (Å²) in [5.74, 6) is 1.19. The van der Waals surface area contributed by atoms with Gasteiger partial charge in [0.1, 0.15) is 23.1 Å². The van der Waals surface area contributed by atoms with Crippen LogP contribution in [-0.2, 0) is 26.3 Å². The number of hydrogen-bond acceptors (Lipinski definition) is 9. The van der Waals surface area contributed by atoms with Crippen LogP contribution in [0.25, 0.3) is 22.2 Å². The number of alkyl carbamates (subject to hydrolysis) is 1. The number of carbonyl (C=O) groups is 3. The molecule has 2 fully saturated rings. The van der Waals surface area contributed by atoms with Gasteiger partial charge in [-0.3, -0.25) is 9.59 Å². The Bertz CT molecular complexity index is 2320. The molecule has 0 radical (unpaired) electrons. The molecule has 4 heterocycles. The number of hydrogen-bond donors (Lipinski definition) is 1. The average Bonchev–Trinajstić information content (AvgIpc) is 4.05. The molecule has 326 valence electrons. The van der Waals surface area contributed by atoms with E-state index in [1.807, 2.05) is 30.9 Å². The summed E-state index contributed by atoms with van der Waals surface area (Å²) >= 11 is 0. The summed E-state index contributed by atoms with van der Waals surface area (Å²) in [7, 11) is 1.30. The Hall–Kier alpha value is -5.39. The number of amides is 3. The molecule has 0 saturated carbocycles. The molecule has 0 bridgehead atoms. The van der Waals surface area contributed by atoms with Gasteiger partial charge in [0.15, 0.2) is 11.2 Å². The third kappa shape index (κ3) is 9.58. The first kappa shape index (κ1) is 43.7. The Labute approximate surface area is 360 Å². The van der Waals surface area contributed by atoms with Gasteiger partial charge in [-0.05, 0) is 102 Å². The highest BCUT2D eigenvalue weighted by Crippen LogP contribution is 2.48. The fourth-order valence-electron chi connectivity index (χ4n) is 8.99. The molecule has 61 heavy (non-hydrogen) atoms. The minimum atomic E-state index is -0.721. The minimum Gasteiger partial charge on any atom is -0.453 e. The van der Waals surface area contributed by atoms with E-state index in [4.69, 9.17) is 23.5 Å². The zero-order chi connectivity index (χ0) is 43.6. The Morgan fingerprint density at radius 1 is 0.869 bits per heavy atom. The molecule has 7 rings (SSSR count). The van der Waals surface area contributed by atoms with Gasteiger partial charge in [-0.25, -0.2) is 14.8 Å². The second-order valence-corrected chi connectivity index (χ2v) is 18.7. The summed E-state index contributed by atoms with van der Waals surface area (Å²) in [6, 6.07) is 20.7. The zero-order valence-electron chi connectivity index (χ0n) is 37.5. The molecule has 2 aliphatic heterocycles. The molecule has 2 saturated heterocycles. The maximum absolute atomic E-state index is 13.8. The topological polar surface area (TPSA) is 134 Å². The second-order valence-electron chi connectivity index (χ2n) is 18.7. The van der Waals surface area contributed by atoms with Crippen LogP contribution < -0.4 is 10.2 Å². The highest BCUT2D eigenvalue weighted by atomic mass is 16.5. The van der Waals surface area contributed by atoms with Crippen molar-refractivity contribution in [2.24, 2.45) is 11.8 Å². The minimum absolute atomic E-state index is 0.0202. The summed E-state index contributed by atoms with van der Waals surface area (Å²) in [6.07, 6.45) is 5.20. The quantitative estimate of drug-likeness (QED) is 0.116. The van der Waals surface area contributed by atoms with Crippen LogP contribution in [0.4, 0.5) is 10.5 Å². The van der Waals surface area contributed by atoms with Crippen molar-refractivity contribution in [3.05, 3.63) is 89.1 Å². The van der Waals surface area contributed by atoms with Gasteiger partial charge < -0.3 is 33.6 Å². The predicted octanol–water partition coefficient (Wildman–Crippen LogP) is 10.6. The van der Waals surface area contributed by atoms with Gasteiger partial charge in [0.05, 0.1) is 25.7 Å². The van der Waals surface area contributed by atoms with Crippen molar-refractivity contribution in [3.63, 3.8) is 0 Å². The van der Waals surface area contributed by atoms with Crippen molar-refractivity contribution in [2.75, 3.05) is 25.1 Å². The number of methoxy groups -OCH3 is 1. The summed E-state index contributed by atoms with van der Waals surface area (Å²) in [4.78, 5) is 55.3. The number of rotatable bonds is 14. The fourth-order valence-corrected chi connectivity index (χ4v) is 8.99. The highest BCUT2D eigenvalue weighted by molar-refractivity contribution is 5.86. The number of carbonyl (C=O) groups excluding carboxylic acids is 3. The summed E-state index contributed by atoms with van der Waals surface area (Å²) < 4.78 is 17.5. The Morgan fingerprint density at radius 2 is 1.51 bits per heavy atom. The van der Waals surface area contributed by atoms with Crippen LogP contribution in [0.2, 0.25) is 0 Å². The summed E-state index contributed by atoms with van der Waals surface area (Å²) in [6.45, 7) is 18.4. The molecule has 0 aliphatic carbocycles. The standard InChI is InChI=1S/C49H64N6O6/c1-10-11-24-53(44(56)26-30(2)3)29-43-50-36-27-32(14-22-41(36)60-43)38-20-21-39(55(38)35-18-16-34(17-19-35)49(6,7)8)33-15-23-42-37(28-33)51-46(61-42)40-13-12-25-54(40)47(57)45(31(4)5)52-48(58)59-9/h14-19,22-23,27-28,30-31,38-40,45H,10-13,20-21,24-26,29H2,1-9H3,(H,52,58)/t38-,39-,40+,45+/m1/s1. The van der Waals surface area contributed by atoms with E-state index in [9.17, 15) is 14.4 Å². The molecular formula is C49H64N6O6. The number of anilines is 1. The van der Waals surface area contributed by atoms with Crippen LogP contribution in [-0.4, -0.2) is 63.9 Å². The van der Waals surface area contributed by atoms with E-state index in [0.29, 0.717) is 43.4 Å². The third-order valence-electron chi connectivity index (χ3n) is 12.3. The van der Waals surface area contributed by atoms with Crippen molar-refractivity contribution in [2.45, 2.75) is 136 Å². The Balaban J connectivity index is 1.18. The van der Waals surface area contributed by atoms with Gasteiger partial charge in [0.25, 0.3) is 0 Å². The number of aromatic nitrogens is 2. The molecule has 3 aromatic carbocycles. The van der Waals surface area contributed by atoms with Crippen LogP contribution >= 0.6 is 0 Å². The first-order valence-corrected chi connectivity index (χ1v) is 22.3. The number of nitrogens with zero attached hydrogens (tertiary/aromatic N) is 5. The van der Waals surface area contributed by atoms with E-state index >= 15 is 0 Å². The maximum atomic E-state index is 13.8. The maximum Gasteiger partial charge on any atom is 0.407 e. The summed E-state index contributed by atoms with van der Waals surface area (Å²) in [5.41, 5.74) is 7.67. The van der Waals surface area contributed by atoms with Crippen molar-refractivity contribution in [1.82, 2.24) is 25.1 Å². The lowest BCUT2D eigenvalue weighted by atomic mass is 9.87. The molecule has 12 nitrogen and oxygen atoms in total. The largest absolute Gasteiger partial charge is 0.453 e. The molecule has 5 aromatic rings. The normalized spacial score (nSPS) is 18.8. The van der Waals surface area contributed by atoms with Crippen LogP contribution in [0.15, 0.2) is 69.5 Å². The molecule has 1 N–H and O–H groups in total. The lowest BCUT2D eigenvalue weighted by molar-refractivity contribution is -0.136. The molecule has 12 heteroatoms. The molecule has 0 spiro atoms. The van der Waals surface area contributed by atoms with Crippen LogP contribution in [0.5, 0.6) is 0 Å². The SMILES string of the molecule is CCCCN(Cc1nc2cc([C@H]3CC[C@H](c4ccc5oc([C@@H]6CCCN6C(=O)[C@@H](NC(=O)OC)C(C)C)nc5c4)N3c3ccc(C(C)(C)C)cc3)ccc2o1)C(=O)CC(C)C. The predicted molar refractivity (Wildman–Crippen MR) is 238 cm³/mol. The lowest BCUT2D eigenvalue weighted by Crippen LogP contribution is -2.51. The zero-order valence-corrected chi connectivity index (χ0v) is 37.5. The molecule has 2 aliphatic rings. The van der Waals surface area contributed by atoms with E-state index < -0.39 is 12.1 Å². The van der Waals surface area contributed by atoms with Crippen molar-refractivity contribution in [3.8, 4) is 0 Å². The van der Waals surface area contributed by atoms with Gasteiger partial charge >= 0.3 is 6.09 Å². The first-order chi connectivity index (χ1) is 29.1. The van der Waals surface area contributed by atoms with Gasteiger partial charge in [-0.1, -0.05) is 86.1 Å². The lowest BCUT2D eigenvalue weighted by Gasteiger charge is -2.34. The molecule has 0 unspecified atom stereocenters. The van der Waals surface area contributed by atoms with Gasteiger partial charge in [0, 0.05) is 25.2 Å². The molecular weight excluding hydrogens is 769 g/mol. The first-order valence-electron chi connectivity index (χ1n) is 22.3. The smallest absolute Gasteiger partial charge is 0.407 e. The van der Waals surface area contributed by atoms with E-state index in [2.05, 4.69) is 100 Å². The number of benzene rings is 3. The molecule has 3 amide bonds. The van der Waals surface area contributed by atoms with Crippen molar-refractivity contribution >= 4 is 45.8 Å². The van der Waals surface area contributed by atoms with Crippen LogP contribution in [0, 0.1) is 11.8 Å². The van der Waals surface area contributed by atoms with Crippen molar-refractivity contribution in [1.29, 1.82) is 0 Å². The molecule has 2 aromatic heterocycles. The van der Waals surface area contributed by atoms with Crippen LogP contribution in [0.3, 0.4) is 0 Å².